The third-order valence-electron chi connectivity index (χ3n) is 3.56. The Hall–Kier alpha value is -2.93. The van der Waals surface area contributed by atoms with Crippen LogP contribution >= 0.6 is 0 Å². The Kier molecular flexibility index (Phi) is 3.26. The maximum atomic E-state index is 12.7. The molecule has 4 heteroatoms. The molecule has 0 saturated carbocycles. The highest BCUT2D eigenvalue weighted by Gasteiger charge is 2.43. The number of ketones is 1. The van der Waals surface area contributed by atoms with Crippen molar-refractivity contribution in [3.8, 4) is 6.07 Å². The quantitative estimate of drug-likeness (QED) is 0.852. The molecule has 0 N–H and O–H groups in total. The lowest BCUT2D eigenvalue weighted by Gasteiger charge is -2.17. The van der Waals surface area contributed by atoms with Crippen molar-refractivity contribution in [3.63, 3.8) is 0 Å². The Bertz CT molecular complexity index is 797. The van der Waals surface area contributed by atoms with E-state index in [4.69, 9.17) is 10.00 Å². The topological polar surface area (TPSA) is 63.0 Å². The highest BCUT2D eigenvalue weighted by Crippen LogP contribution is 2.40. The van der Waals surface area contributed by atoms with Crippen LogP contribution in [0.4, 0.5) is 0 Å². The van der Waals surface area contributed by atoms with Crippen LogP contribution in [0.5, 0.6) is 0 Å². The Morgan fingerprint density at radius 2 is 1.86 bits per heavy atom. The molecular weight excluding hydrogens is 276 g/mol. The van der Waals surface area contributed by atoms with E-state index in [0.29, 0.717) is 22.6 Å². The summed E-state index contributed by atoms with van der Waals surface area (Å²) in [5, 5.41) is 8.89. The van der Waals surface area contributed by atoms with E-state index in [1.54, 1.807) is 56.4 Å². The van der Waals surface area contributed by atoms with Crippen LogP contribution in [0.3, 0.4) is 0 Å². The summed E-state index contributed by atoms with van der Waals surface area (Å²) >= 11 is 0. The van der Waals surface area contributed by atoms with E-state index in [2.05, 4.69) is 11.1 Å². The maximum absolute atomic E-state index is 12.7. The second-order valence-corrected chi connectivity index (χ2v) is 5.55. The van der Waals surface area contributed by atoms with Crippen molar-refractivity contribution >= 4 is 17.1 Å². The van der Waals surface area contributed by atoms with E-state index in [-0.39, 0.29) is 5.78 Å². The van der Waals surface area contributed by atoms with Crippen molar-refractivity contribution in [2.24, 2.45) is 0 Å². The van der Waals surface area contributed by atoms with E-state index in [1.807, 2.05) is 6.07 Å². The van der Waals surface area contributed by atoms with Gasteiger partial charge in [0.1, 0.15) is 5.76 Å². The number of ether oxygens (including phenoxy) is 1. The van der Waals surface area contributed by atoms with Crippen LogP contribution < -0.4 is 0 Å². The number of aromatic nitrogens is 1. The Balaban J connectivity index is 2.17. The minimum absolute atomic E-state index is 0.0921. The van der Waals surface area contributed by atoms with Gasteiger partial charge in [0.25, 0.3) is 0 Å². The summed E-state index contributed by atoms with van der Waals surface area (Å²) in [6.45, 7) is 3.49. The molecule has 0 bridgehead atoms. The zero-order valence-corrected chi connectivity index (χ0v) is 12.3. The number of nitrogens with zero attached hydrogens (tertiary/aromatic N) is 2. The van der Waals surface area contributed by atoms with Crippen molar-refractivity contribution in [2.75, 3.05) is 0 Å². The SMILES string of the molecule is CC1(C)OC(c2ccc(C#N)cc2)=C(c2ccccn2)C1=O. The van der Waals surface area contributed by atoms with Gasteiger partial charge in [-0.15, -0.1) is 0 Å². The molecule has 1 aliphatic heterocycles. The van der Waals surface area contributed by atoms with Crippen molar-refractivity contribution in [2.45, 2.75) is 19.4 Å². The van der Waals surface area contributed by atoms with E-state index < -0.39 is 5.60 Å². The van der Waals surface area contributed by atoms with Gasteiger partial charge in [-0.05, 0) is 50.2 Å². The Labute approximate surface area is 128 Å². The molecule has 0 saturated heterocycles. The minimum Gasteiger partial charge on any atom is -0.478 e. The van der Waals surface area contributed by atoms with Gasteiger partial charge in [-0.2, -0.15) is 5.26 Å². The lowest BCUT2D eigenvalue weighted by Crippen LogP contribution is -2.29. The molecule has 3 rings (SSSR count). The summed E-state index contributed by atoms with van der Waals surface area (Å²) < 4.78 is 5.89. The van der Waals surface area contributed by atoms with Crippen LogP contribution in [0.25, 0.3) is 11.3 Å². The first kappa shape index (κ1) is 14.0. The smallest absolute Gasteiger partial charge is 0.211 e. The standard InChI is InChI=1S/C18H14N2O2/c1-18(2)17(21)15(14-5-3-4-10-20-14)16(22-18)13-8-6-12(11-19)7-9-13/h3-10H,1-2H3. The molecule has 0 fully saturated rings. The number of nitriles is 1. The zero-order valence-electron chi connectivity index (χ0n) is 12.3. The summed E-state index contributed by atoms with van der Waals surface area (Å²) in [6.07, 6.45) is 1.65. The summed E-state index contributed by atoms with van der Waals surface area (Å²) in [6, 6.07) is 14.5. The summed E-state index contributed by atoms with van der Waals surface area (Å²) in [7, 11) is 0. The molecule has 0 amide bonds. The number of hydrogen-bond donors (Lipinski definition) is 0. The lowest BCUT2D eigenvalue weighted by molar-refractivity contribution is -0.125. The number of benzene rings is 1. The third-order valence-corrected chi connectivity index (χ3v) is 3.56. The molecule has 4 nitrogen and oxygen atoms in total. The molecule has 2 aromatic rings. The normalized spacial score (nSPS) is 16.3. The predicted octanol–water partition coefficient (Wildman–Crippen LogP) is 3.20. The first-order chi connectivity index (χ1) is 10.5. The van der Waals surface area contributed by atoms with E-state index in [9.17, 15) is 4.79 Å². The van der Waals surface area contributed by atoms with Crippen molar-refractivity contribution in [1.29, 1.82) is 5.26 Å². The number of hydrogen-bond acceptors (Lipinski definition) is 4. The van der Waals surface area contributed by atoms with E-state index in [0.717, 1.165) is 5.56 Å². The predicted molar refractivity (Wildman–Crippen MR) is 82.4 cm³/mol. The fourth-order valence-corrected chi connectivity index (χ4v) is 2.40. The van der Waals surface area contributed by atoms with Gasteiger partial charge in [0.15, 0.2) is 5.60 Å². The van der Waals surface area contributed by atoms with Crippen molar-refractivity contribution in [1.82, 2.24) is 4.98 Å². The zero-order chi connectivity index (χ0) is 15.7. The fourth-order valence-electron chi connectivity index (χ4n) is 2.40. The molecular formula is C18H14N2O2. The first-order valence-electron chi connectivity index (χ1n) is 6.93. The number of rotatable bonds is 2. The van der Waals surface area contributed by atoms with Gasteiger partial charge < -0.3 is 4.74 Å². The number of Topliss-reactive ketones (excluding diaryl/α,β-unsaturated/α-hetero) is 1. The summed E-state index contributed by atoms with van der Waals surface area (Å²) in [5.74, 6) is 0.420. The van der Waals surface area contributed by atoms with Gasteiger partial charge in [0.05, 0.1) is 22.9 Å². The van der Waals surface area contributed by atoms with Gasteiger partial charge in [0, 0.05) is 11.8 Å². The molecule has 0 unspecified atom stereocenters. The van der Waals surface area contributed by atoms with Gasteiger partial charge >= 0.3 is 0 Å². The van der Waals surface area contributed by atoms with Crippen molar-refractivity contribution < 1.29 is 9.53 Å². The number of carbonyl (C=O) groups is 1. The average molecular weight is 290 g/mol. The molecule has 108 valence electrons. The molecule has 0 atom stereocenters. The second-order valence-electron chi connectivity index (χ2n) is 5.55. The van der Waals surface area contributed by atoms with Crippen LogP contribution in [-0.2, 0) is 9.53 Å². The monoisotopic (exact) mass is 290 g/mol. The van der Waals surface area contributed by atoms with Crippen LogP contribution in [-0.4, -0.2) is 16.4 Å². The molecule has 0 aliphatic carbocycles. The molecule has 1 aromatic heterocycles. The summed E-state index contributed by atoms with van der Waals surface area (Å²) in [5.41, 5.74) is 1.48. The highest BCUT2D eigenvalue weighted by molar-refractivity contribution is 6.32. The third kappa shape index (κ3) is 2.27. The van der Waals surface area contributed by atoms with E-state index in [1.165, 1.54) is 0 Å². The minimum atomic E-state index is -0.921. The van der Waals surface area contributed by atoms with Gasteiger partial charge in [-0.25, -0.2) is 0 Å². The van der Waals surface area contributed by atoms with E-state index >= 15 is 0 Å². The highest BCUT2D eigenvalue weighted by atomic mass is 16.5. The van der Waals surface area contributed by atoms with Crippen LogP contribution in [0.2, 0.25) is 0 Å². The first-order valence-corrected chi connectivity index (χ1v) is 6.93. The second kappa shape index (κ2) is 5.12. The summed E-state index contributed by atoms with van der Waals surface area (Å²) in [4.78, 5) is 16.9. The van der Waals surface area contributed by atoms with Gasteiger partial charge in [-0.3, -0.25) is 9.78 Å². The van der Waals surface area contributed by atoms with Gasteiger partial charge in [-0.1, -0.05) is 6.07 Å². The Morgan fingerprint density at radius 1 is 1.14 bits per heavy atom. The number of pyridine rings is 1. The largest absolute Gasteiger partial charge is 0.478 e. The fraction of sp³-hybridized carbons (Fsp3) is 0.167. The van der Waals surface area contributed by atoms with Crippen LogP contribution in [0, 0.1) is 11.3 Å². The average Bonchev–Trinajstić information content (AvgIpc) is 2.79. The molecule has 1 aromatic carbocycles. The van der Waals surface area contributed by atoms with Crippen LogP contribution in [0.1, 0.15) is 30.7 Å². The van der Waals surface area contributed by atoms with Crippen molar-refractivity contribution in [3.05, 3.63) is 65.5 Å². The Morgan fingerprint density at radius 3 is 2.45 bits per heavy atom. The molecule has 22 heavy (non-hydrogen) atoms. The molecule has 0 radical (unpaired) electrons. The molecule has 1 aliphatic rings. The maximum Gasteiger partial charge on any atom is 0.211 e. The lowest BCUT2D eigenvalue weighted by atomic mass is 9.95. The number of carbonyl (C=O) groups excluding carboxylic acids is 1. The molecule has 2 heterocycles. The molecule has 0 spiro atoms. The van der Waals surface area contributed by atoms with Gasteiger partial charge in [0.2, 0.25) is 5.78 Å². The van der Waals surface area contributed by atoms with Crippen LogP contribution in [0.15, 0.2) is 48.7 Å².